The quantitative estimate of drug-likeness (QED) is 0.880. The first-order valence-electron chi connectivity index (χ1n) is 6.30. The zero-order valence-electron chi connectivity index (χ0n) is 10.9. The van der Waals surface area contributed by atoms with E-state index in [2.05, 4.69) is 5.32 Å². The minimum atomic E-state index is -0.253. The lowest BCUT2D eigenvalue weighted by molar-refractivity contribution is -0.122. The van der Waals surface area contributed by atoms with E-state index >= 15 is 0 Å². The van der Waals surface area contributed by atoms with Crippen molar-refractivity contribution in [2.24, 2.45) is 5.73 Å². The van der Waals surface area contributed by atoms with E-state index in [-0.39, 0.29) is 18.0 Å². The molecule has 3 nitrogen and oxygen atoms in total. The highest BCUT2D eigenvalue weighted by molar-refractivity contribution is 7.10. The molecule has 0 radical (unpaired) electrons. The smallest absolute Gasteiger partial charge is 0.222 e. The van der Waals surface area contributed by atoms with Crippen molar-refractivity contribution in [3.63, 3.8) is 0 Å². The fourth-order valence-corrected chi connectivity index (χ4v) is 2.66. The number of benzene rings is 1. The topological polar surface area (TPSA) is 55.1 Å². The molecule has 0 spiro atoms. The van der Waals surface area contributed by atoms with Crippen molar-refractivity contribution in [1.82, 2.24) is 5.32 Å². The minimum Gasteiger partial charge on any atom is -0.349 e. The zero-order chi connectivity index (χ0) is 13.7. The van der Waals surface area contributed by atoms with Crippen molar-refractivity contribution in [2.75, 3.05) is 0 Å². The number of carbonyl (C=O) groups excluding carboxylic acids is 1. The van der Waals surface area contributed by atoms with Crippen LogP contribution >= 0.6 is 11.3 Å². The summed E-state index contributed by atoms with van der Waals surface area (Å²) in [4.78, 5) is 13.1. The van der Waals surface area contributed by atoms with Crippen LogP contribution in [0.5, 0.6) is 0 Å². The molecule has 0 aliphatic rings. The van der Waals surface area contributed by atoms with Crippen LogP contribution in [0, 0.1) is 0 Å². The molecule has 2 rings (SSSR count). The van der Waals surface area contributed by atoms with E-state index in [0.717, 1.165) is 10.4 Å². The van der Waals surface area contributed by atoms with Gasteiger partial charge in [-0.25, -0.2) is 0 Å². The van der Waals surface area contributed by atoms with Gasteiger partial charge in [-0.3, -0.25) is 4.79 Å². The van der Waals surface area contributed by atoms with Gasteiger partial charge >= 0.3 is 0 Å². The van der Waals surface area contributed by atoms with Gasteiger partial charge in [0, 0.05) is 17.3 Å². The van der Waals surface area contributed by atoms with Crippen LogP contribution in [0.4, 0.5) is 0 Å². The first-order chi connectivity index (χ1) is 9.16. The van der Waals surface area contributed by atoms with Gasteiger partial charge in [-0.15, -0.1) is 11.3 Å². The molecule has 0 bridgehead atoms. The summed E-state index contributed by atoms with van der Waals surface area (Å²) >= 11 is 1.64. The molecule has 1 amide bonds. The molecule has 1 aromatic carbocycles. The number of carbonyl (C=O) groups is 1. The first-order valence-corrected chi connectivity index (χ1v) is 7.18. The molecule has 19 heavy (non-hydrogen) atoms. The van der Waals surface area contributed by atoms with E-state index in [1.807, 2.05) is 54.8 Å². The molecule has 2 aromatic rings. The Hall–Kier alpha value is -1.65. The number of nitrogens with one attached hydrogen (secondary N) is 1. The summed E-state index contributed by atoms with van der Waals surface area (Å²) in [6, 6.07) is 13.5. The molecule has 0 saturated carbocycles. The summed E-state index contributed by atoms with van der Waals surface area (Å²) in [5, 5.41) is 4.98. The Kier molecular flexibility index (Phi) is 4.71. The number of hydrogen-bond acceptors (Lipinski definition) is 3. The standard InChI is InChI=1S/C15H18N2OS/c1-11(14-8-5-9-19-14)17-15(18)10-13(16)12-6-3-2-4-7-12/h2-9,11,13H,10,16H2,1H3,(H,17,18)/t11-,13-/m0/s1. The van der Waals surface area contributed by atoms with E-state index in [1.165, 1.54) is 0 Å². The Bertz CT molecular complexity index is 510. The zero-order valence-corrected chi connectivity index (χ0v) is 11.7. The van der Waals surface area contributed by atoms with Gasteiger partial charge in [-0.05, 0) is 23.9 Å². The largest absolute Gasteiger partial charge is 0.349 e. The second kappa shape index (κ2) is 6.50. The van der Waals surface area contributed by atoms with E-state index in [9.17, 15) is 4.79 Å². The van der Waals surface area contributed by atoms with E-state index in [1.54, 1.807) is 11.3 Å². The molecular weight excluding hydrogens is 256 g/mol. The number of rotatable bonds is 5. The molecule has 0 aliphatic carbocycles. The molecule has 0 saturated heterocycles. The highest BCUT2D eigenvalue weighted by Gasteiger charge is 2.14. The molecular formula is C15H18N2OS. The van der Waals surface area contributed by atoms with Gasteiger partial charge in [-0.2, -0.15) is 0 Å². The van der Waals surface area contributed by atoms with Crippen molar-refractivity contribution in [3.05, 3.63) is 58.3 Å². The molecule has 1 aromatic heterocycles. The van der Waals surface area contributed by atoms with Crippen molar-refractivity contribution in [1.29, 1.82) is 0 Å². The third-order valence-corrected chi connectivity index (χ3v) is 4.04. The highest BCUT2D eigenvalue weighted by Crippen LogP contribution is 2.19. The Morgan fingerprint density at radius 1 is 1.26 bits per heavy atom. The molecule has 0 aliphatic heterocycles. The average molecular weight is 274 g/mol. The van der Waals surface area contributed by atoms with Crippen LogP contribution in [-0.4, -0.2) is 5.91 Å². The fraction of sp³-hybridized carbons (Fsp3) is 0.267. The van der Waals surface area contributed by atoms with Crippen LogP contribution in [0.3, 0.4) is 0 Å². The van der Waals surface area contributed by atoms with Crippen molar-refractivity contribution in [2.45, 2.75) is 25.4 Å². The van der Waals surface area contributed by atoms with Gasteiger partial charge in [0.15, 0.2) is 0 Å². The lowest BCUT2D eigenvalue weighted by Crippen LogP contribution is -2.29. The van der Waals surface area contributed by atoms with Crippen LogP contribution in [-0.2, 0) is 4.79 Å². The Labute approximate surface area is 117 Å². The third kappa shape index (κ3) is 3.91. The summed E-state index contributed by atoms with van der Waals surface area (Å²) in [6.07, 6.45) is 0.305. The van der Waals surface area contributed by atoms with E-state index in [0.29, 0.717) is 6.42 Å². The molecule has 1 heterocycles. The maximum atomic E-state index is 11.9. The number of amides is 1. The summed E-state index contributed by atoms with van der Waals surface area (Å²) in [5.74, 6) is -0.0164. The monoisotopic (exact) mass is 274 g/mol. The molecule has 4 heteroatoms. The van der Waals surface area contributed by atoms with Crippen LogP contribution in [0.2, 0.25) is 0 Å². The molecule has 100 valence electrons. The third-order valence-electron chi connectivity index (χ3n) is 2.98. The lowest BCUT2D eigenvalue weighted by Gasteiger charge is -2.15. The summed E-state index contributed by atoms with van der Waals surface area (Å²) in [6.45, 7) is 1.98. The van der Waals surface area contributed by atoms with Gasteiger partial charge in [0.25, 0.3) is 0 Å². The van der Waals surface area contributed by atoms with Crippen LogP contribution in [0.15, 0.2) is 47.8 Å². The summed E-state index contributed by atoms with van der Waals surface area (Å²) < 4.78 is 0. The molecule has 3 N–H and O–H groups in total. The number of hydrogen-bond donors (Lipinski definition) is 2. The maximum Gasteiger partial charge on any atom is 0.222 e. The van der Waals surface area contributed by atoms with Crippen molar-refractivity contribution in [3.8, 4) is 0 Å². The highest BCUT2D eigenvalue weighted by atomic mass is 32.1. The van der Waals surface area contributed by atoms with Crippen molar-refractivity contribution >= 4 is 17.2 Å². The Balaban J connectivity index is 1.88. The first kappa shape index (κ1) is 13.8. The van der Waals surface area contributed by atoms with Crippen LogP contribution in [0.25, 0.3) is 0 Å². The normalized spacial score (nSPS) is 13.8. The SMILES string of the molecule is C[C@H](NC(=O)C[C@H](N)c1ccccc1)c1cccs1. The van der Waals surface area contributed by atoms with Gasteiger partial charge in [-0.1, -0.05) is 36.4 Å². The van der Waals surface area contributed by atoms with Gasteiger partial charge in [0.1, 0.15) is 0 Å². The summed E-state index contributed by atoms with van der Waals surface area (Å²) in [7, 11) is 0. The fourth-order valence-electron chi connectivity index (χ4n) is 1.93. The van der Waals surface area contributed by atoms with Crippen molar-refractivity contribution < 1.29 is 4.79 Å². The number of nitrogens with two attached hydrogens (primary N) is 1. The second-order valence-electron chi connectivity index (χ2n) is 4.53. The summed E-state index contributed by atoms with van der Waals surface area (Å²) in [5.41, 5.74) is 7.02. The van der Waals surface area contributed by atoms with E-state index in [4.69, 9.17) is 5.73 Å². The predicted octanol–water partition coefficient (Wildman–Crippen LogP) is 3.02. The van der Waals surface area contributed by atoms with Crippen LogP contribution < -0.4 is 11.1 Å². The Morgan fingerprint density at radius 2 is 2.00 bits per heavy atom. The van der Waals surface area contributed by atoms with Gasteiger partial charge in [0.05, 0.1) is 6.04 Å². The molecule has 2 atom stereocenters. The van der Waals surface area contributed by atoms with Crippen LogP contribution in [0.1, 0.15) is 35.9 Å². The number of thiophene rings is 1. The second-order valence-corrected chi connectivity index (χ2v) is 5.51. The molecule has 0 unspecified atom stereocenters. The Morgan fingerprint density at radius 3 is 2.63 bits per heavy atom. The maximum absolute atomic E-state index is 11.9. The minimum absolute atomic E-state index is 0.0164. The average Bonchev–Trinajstić information content (AvgIpc) is 2.93. The molecule has 0 fully saturated rings. The van der Waals surface area contributed by atoms with Gasteiger partial charge < -0.3 is 11.1 Å². The van der Waals surface area contributed by atoms with E-state index < -0.39 is 0 Å². The predicted molar refractivity (Wildman–Crippen MR) is 78.9 cm³/mol. The van der Waals surface area contributed by atoms with Gasteiger partial charge in [0.2, 0.25) is 5.91 Å². The lowest BCUT2D eigenvalue weighted by atomic mass is 10.0.